The summed E-state index contributed by atoms with van der Waals surface area (Å²) in [7, 11) is 1.63. The highest BCUT2D eigenvalue weighted by atomic mass is 16.5. The number of benzene rings is 3. The Hall–Kier alpha value is -3.57. The molecule has 1 atom stereocenters. The number of aromatic nitrogens is 1. The van der Waals surface area contributed by atoms with E-state index in [0.29, 0.717) is 0 Å². The fraction of sp³-hybridized carbons (Fsp3) is 0.0870. The number of carbonyl (C=O) groups is 1. The van der Waals surface area contributed by atoms with Gasteiger partial charge in [-0.3, -0.25) is 10.0 Å². The average Bonchev–Trinajstić information content (AvgIpc) is 3.14. The summed E-state index contributed by atoms with van der Waals surface area (Å²) in [6, 6.07) is 25.0. The minimum atomic E-state index is -0.667. The average molecular weight is 372 g/mol. The minimum absolute atomic E-state index is 0.481. The minimum Gasteiger partial charge on any atom is -0.497 e. The molecular formula is C23H20N2O3. The Morgan fingerprint density at radius 3 is 2.32 bits per heavy atom. The second-order valence-electron chi connectivity index (χ2n) is 6.51. The van der Waals surface area contributed by atoms with Crippen LogP contribution >= 0.6 is 0 Å². The smallest absolute Gasteiger partial charge is 0.255 e. The van der Waals surface area contributed by atoms with Crippen LogP contribution in [0.25, 0.3) is 22.2 Å². The van der Waals surface area contributed by atoms with E-state index in [4.69, 9.17) is 4.74 Å². The fourth-order valence-electron chi connectivity index (χ4n) is 3.61. The standard InChI is InChI=1S/C23H20N2O3/c1-28-17-13-11-16(12-14-17)22-21(18-9-5-6-10-19(18)24-22)20(23(26)25-27)15-7-3-2-4-8-15/h2-14,20,24,27H,1H3,(H,25,26). The van der Waals surface area contributed by atoms with E-state index in [-0.39, 0.29) is 0 Å². The van der Waals surface area contributed by atoms with Crippen LogP contribution in [0, 0.1) is 0 Å². The van der Waals surface area contributed by atoms with Gasteiger partial charge in [0.25, 0.3) is 5.91 Å². The van der Waals surface area contributed by atoms with Crippen LogP contribution in [0.4, 0.5) is 0 Å². The van der Waals surface area contributed by atoms with Crippen LogP contribution in [0.5, 0.6) is 5.75 Å². The number of carbonyl (C=O) groups excluding carboxylic acids is 1. The van der Waals surface area contributed by atoms with Crippen LogP contribution in [-0.2, 0) is 4.79 Å². The molecule has 0 aliphatic carbocycles. The van der Waals surface area contributed by atoms with Crippen LogP contribution in [0.15, 0.2) is 78.9 Å². The first-order valence-corrected chi connectivity index (χ1v) is 8.97. The van der Waals surface area contributed by atoms with Crippen LogP contribution in [0.3, 0.4) is 0 Å². The van der Waals surface area contributed by atoms with E-state index in [2.05, 4.69) is 4.98 Å². The lowest BCUT2D eigenvalue weighted by Crippen LogP contribution is -2.27. The molecule has 0 bridgehead atoms. The van der Waals surface area contributed by atoms with Crippen molar-refractivity contribution in [3.63, 3.8) is 0 Å². The van der Waals surface area contributed by atoms with Crippen LogP contribution in [0.2, 0.25) is 0 Å². The summed E-state index contributed by atoms with van der Waals surface area (Å²) < 4.78 is 5.26. The molecule has 0 aliphatic heterocycles. The normalized spacial score (nSPS) is 11.9. The molecule has 140 valence electrons. The lowest BCUT2D eigenvalue weighted by atomic mass is 9.87. The van der Waals surface area contributed by atoms with E-state index in [9.17, 15) is 10.0 Å². The summed E-state index contributed by atoms with van der Waals surface area (Å²) >= 11 is 0. The van der Waals surface area contributed by atoms with Crippen LogP contribution in [-0.4, -0.2) is 23.2 Å². The van der Waals surface area contributed by atoms with Gasteiger partial charge in [-0.25, -0.2) is 5.48 Å². The lowest BCUT2D eigenvalue weighted by Gasteiger charge is -2.17. The number of hydrogen-bond acceptors (Lipinski definition) is 3. The van der Waals surface area contributed by atoms with Crippen molar-refractivity contribution in [3.05, 3.63) is 90.0 Å². The number of rotatable bonds is 5. The summed E-state index contributed by atoms with van der Waals surface area (Å²) in [5, 5.41) is 10.4. The highest BCUT2D eigenvalue weighted by Gasteiger charge is 2.29. The number of hydroxylamine groups is 1. The van der Waals surface area contributed by atoms with Crippen LogP contribution in [0.1, 0.15) is 17.0 Å². The fourth-order valence-corrected chi connectivity index (χ4v) is 3.61. The predicted octanol–water partition coefficient (Wildman–Crippen LogP) is 4.48. The Kier molecular flexibility index (Phi) is 4.83. The molecule has 1 unspecified atom stereocenters. The van der Waals surface area contributed by atoms with E-state index in [0.717, 1.165) is 39.0 Å². The molecule has 1 amide bonds. The van der Waals surface area contributed by atoms with Crippen molar-refractivity contribution in [2.75, 3.05) is 7.11 Å². The van der Waals surface area contributed by atoms with Gasteiger partial charge in [0.2, 0.25) is 0 Å². The second-order valence-corrected chi connectivity index (χ2v) is 6.51. The highest BCUT2D eigenvalue weighted by molar-refractivity contribution is 5.99. The highest BCUT2D eigenvalue weighted by Crippen LogP contribution is 2.39. The molecule has 1 heterocycles. The number of ether oxygens (including phenoxy) is 1. The zero-order valence-corrected chi connectivity index (χ0v) is 15.3. The van der Waals surface area contributed by atoms with Gasteiger partial charge in [-0.15, -0.1) is 0 Å². The first-order valence-electron chi connectivity index (χ1n) is 8.97. The van der Waals surface area contributed by atoms with Crippen molar-refractivity contribution < 1.29 is 14.7 Å². The topological polar surface area (TPSA) is 74.4 Å². The first-order chi connectivity index (χ1) is 13.7. The van der Waals surface area contributed by atoms with Crippen molar-refractivity contribution >= 4 is 16.8 Å². The number of fused-ring (bicyclic) bond motifs is 1. The van der Waals surface area contributed by atoms with E-state index in [1.54, 1.807) is 7.11 Å². The van der Waals surface area contributed by atoms with Gasteiger partial charge in [0, 0.05) is 16.5 Å². The Morgan fingerprint density at radius 1 is 0.964 bits per heavy atom. The number of aromatic amines is 1. The monoisotopic (exact) mass is 372 g/mol. The van der Waals surface area contributed by atoms with Gasteiger partial charge in [0.05, 0.1) is 18.7 Å². The third-order valence-electron chi connectivity index (χ3n) is 4.92. The number of hydrogen-bond donors (Lipinski definition) is 3. The number of amides is 1. The summed E-state index contributed by atoms with van der Waals surface area (Å²) in [6.07, 6.45) is 0. The van der Waals surface area contributed by atoms with Gasteiger partial charge in [-0.2, -0.15) is 0 Å². The van der Waals surface area contributed by atoms with Gasteiger partial charge in [0.1, 0.15) is 5.75 Å². The Bertz CT molecular complexity index is 1100. The number of methoxy groups -OCH3 is 1. The Labute approximate surface area is 162 Å². The van der Waals surface area contributed by atoms with Crippen molar-refractivity contribution in [2.45, 2.75) is 5.92 Å². The van der Waals surface area contributed by atoms with E-state index >= 15 is 0 Å². The number of nitrogens with one attached hydrogen (secondary N) is 2. The molecule has 4 rings (SSSR count). The zero-order valence-electron chi connectivity index (χ0n) is 15.3. The maximum atomic E-state index is 12.7. The molecule has 3 aromatic carbocycles. The summed E-state index contributed by atoms with van der Waals surface area (Å²) in [5.74, 6) is -0.390. The largest absolute Gasteiger partial charge is 0.497 e. The van der Waals surface area contributed by atoms with Gasteiger partial charge in [-0.1, -0.05) is 48.5 Å². The number of para-hydroxylation sites is 1. The van der Waals surface area contributed by atoms with Gasteiger partial charge < -0.3 is 9.72 Å². The molecule has 28 heavy (non-hydrogen) atoms. The summed E-state index contributed by atoms with van der Waals surface area (Å²) in [5.41, 5.74) is 6.15. The molecule has 0 aliphatic rings. The summed E-state index contributed by atoms with van der Waals surface area (Å²) in [4.78, 5) is 16.2. The third kappa shape index (κ3) is 3.12. The predicted molar refractivity (Wildman–Crippen MR) is 109 cm³/mol. The molecule has 4 aromatic rings. The second kappa shape index (κ2) is 7.58. The van der Waals surface area contributed by atoms with E-state index < -0.39 is 11.8 Å². The van der Waals surface area contributed by atoms with Crippen LogP contribution < -0.4 is 10.2 Å². The van der Waals surface area contributed by atoms with Crippen molar-refractivity contribution in [1.29, 1.82) is 0 Å². The Morgan fingerprint density at radius 2 is 1.64 bits per heavy atom. The molecule has 0 radical (unpaired) electrons. The first kappa shape index (κ1) is 17.8. The van der Waals surface area contributed by atoms with Crippen molar-refractivity contribution in [2.24, 2.45) is 0 Å². The maximum absolute atomic E-state index is 12.7. The molecule has 5 nitrogen and oxygen atoms in total. The van der Waals surface area contributed by atoms with Gasteiger partial charge in [-0.05, 0) is 41.5 Å². The molecule has 5 heteroatoms. The zero-order chi connectivity index (χ0) is 19.5. The quantitative estimate of drug-likeness (QED) is 0.357. The van der Waals surface area contributed by atoms with Crippen molar-refractivity contribution in [1.82, 2.24) is 10.5 Å². The number of H-pyrrole nitrogens is 1. The molecule has 0 spiro atoms. The Balaban J connectivity index is 1.98. The molecule has 0 fully saturated rings. The SMILES string of the molecule is COc1ccc(-c2[nH]c3ccccc3c2C(C(=O)NO)c2ccccc2)cc1. The molecule has 3 N–H and O–H groups in total. The van der Waals surface area contributed by atoms with Crippen molar-refractivity contribution in [3.8, 4) is 17.0 Å². The molecule has 0 saturated heterocycles. The van der Waals surface area contributed by atoms with E-state index in [1.807, 2.05) is 84.3 Å². The molecule has 0 saturated carbocycles. The lowest BCUT2D eigenvalue weighted by molar-refractivity contribution is -0.129. The molecular weight excluding hydrogens is 352 g/mol. The summed E-state index contributed by atoms with van der Waals surface area (Å²) in [6.45, 7) is 0. The third-order valence-corrected chi connectivity index (χ3v) is 4.92. The maximum Gasteiger partial charge on any atom is 0.255 e. The van der Waals surface area contributed by atoms with E-state index in [1.165, 1.54) is 0 Å². The van der Waals surface area contributed by atoms with Gasteiger partial charge in [0.15, 0.2) is 0 Å². The molecule has 1 aromatic heterocycles. The van der Waals surface area contributed by atoms with Gasteiger partial charge >= 0.3 is 0 Å².